The second kappa shape index (κ2) is 6.20. The van der Waals surface area contributed by atoms with Gasteiger partial charge in [-0.3, -0.25) is 15.1 Å². The summed E-state index contributed by atoms with van der Waals surface area (Å²) in [6.45, 7) is 3.89. The summed E-state index contributed by atoms with van der Waals surface area (Å²) in [6, 6.07) is 3.71. The summed E-state index contributed by atoms with van der Waals surface area (Å²) in [5.74, 6) is -0.260. The number of carbonyl (C=O) groups excluding carboxylic acids is 1. The van der Waals surface area contributed by atoms with E-state index >= 15 is 0 Å². The van der Waals surface area contributed by atoms with E-state index in [1.165, 1.54) is 22.7 Å². The van der Waals surface area contributed by atoms with Gasteiger partial charge in [-0.05, 0) is 26.0 Å². The number of aromatic nitrogens is 3. The van der Waals surface area contributed by atoms with Gasteiger partial charge in [-0.15, -0.1) is 22.7 Å². The van der Waals surface area contributed by atoms with E-state index in [1.807, 2.05) is 26.0 Å². The second-order valence-corrected chi connectivity index (χ2v) is 6.58. The number of pyridine rings is 1. The minimum Gasteiger partial charge on any atom is -0.330 e. The van der Waals surface area contributed by atoms with E-state index in [-0.39, 0.29) is 5.91 Å². The van der Waals surface area contributed by atoms with Crippen LogP contribution in [0, 0.1) is 13.8 Å². The molecule has 112 valence electrons. The number of hydrogen-bond acceptors (Lipinski definition) is 7. The van der Waals surface area contributed by atoms with Crippen LogP contribution in [-0.2, 0) is 0 Å². The van der Waals surface area contributed by atoms with Crippen LogP contribution >= 0.6 is 22.7 Å². The molecule has 3 aromatic rings. The molecule has 3 heterocycles. The molecular formula is C14H13N5OS2. The molecule has 0 aliphatic heterocycles. The van der Waals surface area contributed by atoms with Crippen LogP contribution in [0.1, 0.15) is 21.1 Å². The van der Waals surface area contributed by atoms with E-state index < -0.39 is 0 Å². The van der Waals surface area contributed by atoms with Gasteiger partial charge in [-0.2, -0.15) is 0 Å². The van der Waals surface area contributed by atoms with E-state index in [0.717, 1.165) is 16.3 Å². The molecule has 0 spiro atoms. The quantitative estimate of drug-likeness (QED) is 0.763. The Morgan fingerprint density at radius 3 is 2.77 bits per heavy atom. The lowest BCUT2D eigenvalue weighted by molar-refractivity contribution is 0.102. The van der Waals surface area contributed by atoms with Gasteiger partial charge < -0.3 is 5.32 Å². The standard InChI is InChI=1S/C14H13N5OS2/c1-8-9(2)22-14(16-8)19-12(20)11-7-21-13(18-11)17-10-4-3-5-15-6-10/h3-7H,1-2H3,(H,17,18)(H,16,19,20). The smallest absolute Gasteiger partial charge is 0.276 e. The summed E-state index contributed by atoms with van der Waals surface area (Å²) in [5.41, 5.74) is 2.12. The van der Waals surface area contributed by atoms with Gasteiger partial charge in [0.1, 0.15) is 5.69 Å². The Morgan fingerprint density at radius 2 is 2.09 bits per heavy atom. The van der Waals surface area contributed by atoms with Crippen molar-refractivity contribution in [2.24, 2.45) is 0 Å². The van der Waals surface area contributed by atoms with E-state index in [1.54, 1.807) is 17.8 Å². The zero-order valence-electron chi connectivity index (χ0n) is 12.0. The Balaban J connectivity index is 1.69. The normalized spacial score (nSPS) is 10.5. The SMILES string of the molecule is Cc1nc(NC(=O)c2csc(Nc3cccnc3)n2)sc1C. The van der Waals surface area contributed by atoms with Crippen molar-refractivity contribution in [3.63, 3.8) is 0 Å². The first kappa shape index (κ1) is 14.6. The number of rotatable bonds is 4. The number of thiazole rings is 2. The van der Waals surface area contributed by atoms with Crippen LogP contribution in [0.3, 0.4) is 0 Å². The van der Waals surface area contributed by atoms with Crippen LogP contribution < -0.4 is 10.6 Å². The van der Waals surface area contributed by atoms with Gasteiger partial charge in [0.05, 0.1) is 17.6 Å². The van der Waals surface area contributed by atoms with Crippen molar-refractivity contribution in [1.29, 1.82) is 0 Å². The van der Waals surface area contributed by atoms with Gasteiger partial charge in [0.2, 0.25) is 0 Å². The molecule has 0 aliphatic carbocycles. The Bertz CT molecular complexity index is 777. The van der Waals surface area contributed by atoms with Gasteiger partial charge in [-0.25, -0.2) is 9.97 Å². The molecule has 2 N–H and O–H groups in total. The maximum atomic E-state index is 12.2. The van der Waals surface area contributed by atoms with E-state index in [9.17, 15) is 4.79 Å². The maximum absolute atomic E-state index is 12.2. The summed E-state index contributed by atoms with van der Waals surface area (Å²) in [5, 5.41) is 8.82. The molecule has 0 aliphatic rings. The van der Waals surface area contributed by atoms with E-state index in [4.69, 9.17) is 0 Å². The Morgan fingerprint density at radius 1 is 1.23 bits per heavy atom. The first-order valence-electron chi connectivity index (χ1n) is 6.50. The molecule has 0 atom stereocenters. The fraction of sp³-hybridized carbons (Fsp3) is 0.143. The summed E-state index contributed by atoms with van der Waals surface area (Å²) >= 11 is 2.82. The van der Waals surface area contributed by atoms with Crippen LogP contribution in [0.2, 0.25) is 0 Å². The molecule has 22 heavy (non-hydrogen) atoms. The Hall–Kier alpha value is -2.32. The number of hydrogen-bond donors (Lipinski definition) is 2. The average Bonchev–Trinajstić information content (AvgIpc) is 3.08. The van der Waals surface area contributed by atoms with Crippen LogP contribution in [0.25, 0.3) is 0 Å². The molecule has 0 fully saturated rings. The predicted molar refractivity (Wildman–Crippen MR) is 89.2 cm³/mol. The molecule has 0 saturated carbocycles. The average molecular weight is 331 g/mol. The summed E-state index contributed by atoms with van der Waals surface area (Å²) < 4.78 is 0. The topological polar surface area (TPSA) is 79.8 Å². The zero-order valence-corrected chi connectivity index (χ0v) is 13.6. The van der Waals surface area contributed by atoms with Crippen molar-refractivity contribution >= 4 is 44.5 Å². The highest BCUT2D eigenvalue weighted by molar-refractivity contribution is 7.16. The highest BCUT2D eigenvalue weighted by Gasteiger charge is 2.13. The number of carbonyl (C=O) groups is 1. The third kappa shape index (κ3) is 3.29. The Kier molecular flexibility index (Phi) is 4.12. The van der Waals surface area contributed by atoms with Gasteiger partial charge in [0.25, 0.3) is 5.91 Å². The first-order chi connectivity index (χ1) is 10.6. The summed E-state index contributed by atoms with van der Waals surface area (Å²) in [4.78, 5) is 25.8. The molecule has 8 heteroatoms. The third-order valence-electron chi connectivity index (χ3n) is 2.90. The number of anilines is 3. The molecule has 0 saturated heterocycles. The van der Waals surface area contributed by atoms with Crippen molar-refractivity contribution in [3.8, 4) is 0 Å². The van der Waals surface area contributed by atoms with Crippen LogP contribution in [0.15, 0.2) is 29.9 Å². The van der Waals surface area contributed by atoms with Crippen LogP contribution in [-0.4, -0.2) is 20.9 Å². The van der Waals surface area contributed by atoms with Gasteiger partial charge >= 0.3 is 0 Å². The summed E-state index contributed by atoms with van der Waals surface area (Å²) in [6.07, 6.45) is 3.40. The molecule has 0 radical (unpaired) electrons. The predicted octanol–water partition coefficient (Wildman–Crippen LogP) is 3.61. The molecule has 6 nitrogen and oxygen atoms in total. The largest absolute Gasteiger partial charge is 0.330 e. The van der Waals surface area contributed by atoms with Crippen LogP contribution in [0.4, 0.5) is 16.0 Å². The second-order valence-electron chi connectivity index (χ2n) is 4.52. The number of aryl methyl sites for hydroxylation is 2. The molecule has 0 bridgehead atoms. The third-order valence-corrected chi connectivity index (χ3v) is 4.64. The minimum absolute atomic E-state index is 0.260. The molecule has 0 unspecified atom stereocenters. The first-order valence-corrected chi connectivity index (χ1v) is 8.19. The van der Waals surface area contributed by atoms with Crippen molar-refractivity contribution in [1.82, 2.24) is 15.0 Å². The molecular weight excluding hydrogens is 318 g/mol. The van der Waals surface area contributed by atoms with Crippen molar-refractivity contribution < 1.29 is 4.79 Å². The number of amides is 1. The Labute approximate surface area is 135 Å². The maximum Gasteiger partial charge on any atom is 0.276 e. The highest BCUT2D eigenvalue weighted by atomic mass is 32.1. The fourth-order valence-electron chi connectivity index (χ4n) is 1.68. The number of nitrogens with zero attached hydrogens (tertiary/aromatic N) is 3. The van der Waals surface area contributed by atoms with Crippen molar-refractivity contribution in [2.75, 3.05) is 10.6 Å². The van der Waals surface area contributed by atoms with E-state index in [2.05, 4.69) is 25.6 Å². The molecule has 1 amide bonds. The van der Waals surface area contributed by atoms with Gasteiger partial charge in [-0.1, -0.05) is 0 Å². The zero-order chi connectivity index (χ0) is 15.5. The summed E-state index contributed by atoms with van der Waals surface area (Å²) in [7, 11) is 0. The minimum atomic E-state index is -0.260. The fourth-order valence-corrected chi connectivity index (χ4v) is 3.20. The molecule has 0 aromatic carbocycles. The molecule has 3 rings (SSSR count). The van der Waals surface area contributed by atoms with Crippen molar-refractivity contribution in [3.05, 3.63) is 46.2 Å². The molecule has 3 aromatic heterocycles. The lowest BCUT2D eigenvalue weighted by Gasteiger charge is -2.00. The number of nitrogens with one attached hydrogen (secondary N) is 2. The van der Waals surface area contributed by atoms with Gasteiger partial charge in [0.15, 0.2) is 10.3 Å². The monoisotopic (exact) mass is 331 g/mol. The van der Waals surface area contributed by atoms with Crippen LogP contribution in [0.5, 0.6) is 0 Å². The van der Waals surface area contributed by atoms with E-state index in [0.29, 0.717) is 16.0 Å². The highest BCUT2D eigenvalue weighted by Crippen LogP contribution is 2.23. The van der Waals surface area contributed by atoms with Crippen molar-refractivity contribution in [2.45, 2.75) is 13.8 Å². The lowest BCUT2D eigenvalue weighted by Crippen LogP contribution is -2.12. The lowest BCUT2D eigenvalue weighted by atomic mass is 10.4. The van der Waals surface area contributed by atoms with Gasteiger partial charge in [0, 0.05) is 16.5 Å².